The Morgan fingerprint density at radius 2 is 2.12 bits per heavy atom. The number of aromatic nitrogens is 1. The van der Waals surface area contributed by atoms with Crippen molar-refractivity contribution in [2.75, 3.05) is 19.7 Å². The number of aliphatic carboxylic acids is 1. The molecule has 1 aliphatic heterocycles. The predicted molar refractivity (Wildman–Crippen MR) is 89.0 cm³/mol. The fourth-order valence-corrected chi connectivity index (χ4v) is 3.41. The molecule has 0 bridgehead atoms. The number of carboxylic acids is 1. The van der Waals surface area contributed by atoms with Crippen molar-refractivity contribution < 1.29 is 23.8 Å². The maximum atomic E-state index is 12.9. The molecule has 0 radical (unpaired) electrons. The van der Waals surface area contributed by atoms with Gasteiger partial charge in [0.25, 0.3) is 0 Å². The average Bonchev–Trinajstić information content (AvgIpc) is 3.04. The first-order chi connectivity index (χ1) is 12.0. The van der Waals surface area contributed by atoms with Crippen LogP contribution in [0.5, 0.6) is 0 Å². The fraction of sp³-hybridized carbons (Fsp3) is 0.353. The van der Waals surface area contributed by atoms with Gasteiger partial charge in [0.2, 0.25) is 5.91 Å². The highest BCUT2D eigenvalue weighted by molar-refractivity contribution is 7.09. The van der Waals surface area contributed by atoms with Gasteiger partial charge < -0.3 is 14.7 Å². The summed E-state index contributed by atoms with van der Waals surface area (Å²) in [5.74, 6) is -1.50. The number of carbonyl (C=O) groups is 2. The van der Waals surface area contributed by atoms with E-state index < -0.39 is 12.1 Å². The Morgan fingerprint density at radius 3 is 2.84 bits per heavy atom. The molecule has 0 saturated carbocycles. The summed E-state index contributed by atoms with van der Waals surface area (Å²) in [4.78, 5) is 29.3. The van der Waals surface area contributed by atoms with Gasteiger partial charge in [-0.25, -0.2) is 14.2 Å². The second kappa shape index (κ2) is 7.71. The van der Waals surface area contributed by atoms with E-state index in [0.29, 0.717) is 18.7 Å². The van der Waals surface area contributed by atoms with E-state index in [1.165, 1.54) is 28.4 Å². The van der Waals surface area contributed by atoms with Gasteiger partial charge in [0.05, 0.1) is 30.3 Å². The number of amides is 1. The van der Waals surface area contributed by atoms with Gasteiger partial charge in [-0.3, -0.25) is 4.79 Å². The van der Waals surface area contributed by atoms with Gasteiger partial charge in [-0.05, 0) is 17.7 Å². The molecule has 0 spiro atoms. The standard InChI is InChI=1S/C17H17FN2O4S/c18-12-3-1-11(2-4-12)7-15-19-13(10-25-15)8-16(21)20-5-6-24-14(9-20)17(22)23/h1-4,10,14H,5-9H2,(H,22,23). The minimum Gasteiger partial charge on any atom is -0.479 e. The molecule has 132 valence electrons. The molecule has 8 heteroatoms. The number of ether oxygens (including phenoxy) is 1. The molecule has 2 aromatic rings. The quantitative estimate of drug-likeness (QED) is 0.874. The van der Waals surface area contributed by atoms with Crippen LogP contribution in [0.2, 0.25) is 0 Å². The van der Waals surface area contributed by atoms with E-state index in [9.17, 15) is 14.0 Å². The van der Waals surface area contributed by atoms with Crippen molar-refractivity contribution in [1.82, 2.24) is 9.88 Å². The summed E-state index contributed by atoms with van der Waals surface area (Å²) < 4.78 is 18.0. The number of benzene rings is 1. The number of rotatable bonds is 5. The number of hydrogen-bond donors (Lipinski definition) is 1. The Labute approximate surface area is 147 Å². The number of carbonyl (C=O) groups excluding carboxylic acids is 1. The number of thiazole rings is 1. The molecule has 1 amide bonds. The monoisotopic (exact) mass is 364 g/mol. The van der Waals surface area contributed by atoms with Gasteiger partial charge in [-0.15, -0.1) is 11.3 Å². The molecule has 1 unspecified atom stereocenters. The number of halogens is 1. The summed E-state index contributed by atoms with van der Waals surface area (Å²) in [5.41, 5.74) is 1.61. The summed E-state index contributed by atoms with van der Waals surface area (Å²) in [6, 6.07) is 6.23. The maximum Gasteiger partial charge on any atom is 0.334 e. The van der Waals surface area contributed by atoms with Gasteiger partial charge in [0, 0.05) is 18.3 Å². The molecular formula is C17H17FN2O4S. The third kappa shape index (κ3) is 4.61. The number of nitrogens with zero attached hydrogens (tertiary/aromatic N) is 2. The summed E-state index contributed by atoms with van der Waals surface area (Å²) in [7, 11) is 0. The third-order valence-electron chi connectivity index (χ3n) is 3.89. The van der Waals surface area contributed by atoms with Crippen molar-refractivity contribution in [3.8, 4) is 0 Å². The first-order valence-corrected chi connectivity index (χ1v) is 8.69. The van der Waals surface area contributed by atoms with Crippen molar-refractivity contribution in [2.24, 2.45) is 0 Å². The topological polar surface area (TPSA) is 79.7 Å². The largest absolute Gasteiger partial charge is 0.479 e. The molecule has 1 N–H and O–H groups in total. The van der Waals surface area contributed by atoms with E-state index >= 15 is 0 Å². The van der Waals surface area contributed by atoms with Crippen molar-refractivity contribution >= 4 is 23.2 Å². The molecule has 0 aliphatic carbocycles. The van der Waals surface area contributed by atoms with Crippen LogP contribution in [0.3, 0.4) is 0 Å². The zero-order chi connectivity index (χ0) is 17.8. The predicted octanol–water partition coefficient (Wildman–Crippen LogP) is 1.73. The van der Waals surface area contributed by atoms with Crippen molar-refractivity contribution in [1.29, 1.82) is 0 Å². The Hall–Kier alpha value is -2.32. The molecule has 2 heterocycles. The van der Waals surface area contributed by atoms with Crippen LogP contribution in [-0.2, 0) is 27.2 Å². The fourth-order valence-electron chi connectivity index (χ4n) is 2.58. The van der Waals surface area contributed by atoms with Crippen molar-refractivity contribution in [3.05, 3.63) is 51.7 Å². The number of carboxylic acid groups (broad SMARTS) is 1. The lowest BCUT2D eigenvalue weighted by Gasteiger charge is -2.30. The minimum absolute atomic E-state index is 0.0563. The van der Waals surface area contributed by atoms with Crippen LogP contribution < -0.4 is 0 Å². The third-order valence-corrected chi connectivity index (χ3v) is 4.79. The minimum atomic E-state index is -1.06. The van der Waals surface area contributed by atoms with E-state index in [-0.39, 0.29) is 31.3 Å². The highest BCUT2D eigenvalue weighted by Gasteiger charge is 2.29. The molecule has 3 rings (SSSR count). The van der Waals surface area contributed by atoms with Gasteiger partial charge in [0.15, 0.2) is 6.10 Å². The van der Waals surface area contributed by atoms with Crippen LogP contribution in [0.15, 0.2) is 29.6 Å². The second-order valence-corrected chi connectivity index (χ2v) is 6.69. The van der Waals surface area contributed by atoms with E-state index in [0.717, 1.165) is 10.6 Å². The number of morpholine rings is 1. The Kier molecular flexibility index (Phi) is 5.40. The summed E-state index contributed by atoms with van der Waals surface area (Å²) in [5, 5.41) is 11.7. The van der Waals surface area contributed by atoms with Crippen LogP contribution in [0.4, 0.5) is 4.39 Å². The lowest BCUT2D eigenvalue weighted by Crippen LogP contribution is -2.49. The Bertz CT molecular complexity index is 762. The summed E-state index contributed by atoms with van der Waals surface area (Å²) >= 11 is 1.45. The smallest absolute Gasteiger partial charge is 0.334 e. The van der Waals surface area contributed by atoms with Crippen LogP contribution in [0, 0.1) is 5.82 Å². The molecule has 1 aliphatic rings. The van der Waals surface area contributed by atoms with Gasteiger partial charge >= 0.3 is 5.97 Å². The number of hydrogen-bond acceptors (Lipinski definition) is 5. The average molecular weight is 364 g/mol. The molecule has 1 atom stereocenters. The molecule has 6 nitrogen and oxygen atoms in total. The van der Waals surface area contributed by atoms with Gasteiger partial charge in [0.1, 0.15) is 5.82 Å². The van der Waals surface area contributed by atoms with Crippen LogP contribution in [0.1, 0.15) is 16.3 Å². The summed E-state index contributed by atoms with van der Waals surface area (Å²) in [6.07, 6.45) is -0.258. The van der Waals surface area contributed by atoms with Crippen LogP contribution in [-0.4, -0.2) is 52.7 Å². The first-order valence-electron chi connectivity index (χ1n) is 7.81. The zero-order valence-corrected chi connectivity index (χ0v) is 14.2. The van der Waals surface area contributed by atoms with Crippen molar-refractivity contribution in [3.63, 3.8) is 0 Å². The van der Waals surface area contributed by atoms with Crippen LogP contribution in [0.25, 0.3) is 0 Å². The molecule has 1 aromatic heterocycles. The molecule has 1 fully saturated rings. The Morgan fingerprint density at radius 1 is 1.36 bits per heavy atom. The van der Waals surface area contributed by atoms with E-state index in [2.05, 4.69) is 4.98 Å². The van der Waals surface area contributed by atoms with Gasteiger partial charge in [-0.1, -0.05) is 12.1 Å². The molecule has 1 saturated heterocycles. The highest BCUT2D eigenvalue weighted by Crippen LogP contribution is 2.17. The lowest BCUT2D eigenvalue weighted by atomic mass is 10.1. The first kappa shape index (κ1) is 17.5. The van der Waals surface area contributed by atoms with E-state index in [1.54, 1.807) is 12.1 Å². The zero-order valence-electron chi connectivity index (χ0n) is 13.4. The van der Waals surface area contributed by atoms with Crippen LogP contribution >= 0.6 is 11.3 Å². The summed E-state index contributed by atoms with van der Waals surface area (Å²) in [6.45, 7) is 0.658. The molecule has 1 aromatic carbocycles. The highest BCUT2D eigenvalue weighted by atomic mass is 32.1. The van der Waals surface area contributed by atoms with Crippen molar-refractivity contribution in [2.45, 2.75) is 18.9 Å². The Balaban J connectivity index is 1.58. The lowest BCUT2D eigenvalue weighted by molar-refractivity contribution is -0.159. The normalized spacial score (nSPS) is 17.5. The maximum absolute atomic E-state index is 12.9. The van der Waals surface area contributed by atoms with E-state index in [4.69, 9.17) is 9.84 Å². The van der Waals surface area contributed by atoms with E-state index in [1.807, 2.05) is 5.38 Å². The van der Waals surface area contributed by atoms with Gasteiger partial charge in [-0.2, -0.15) is 0 Å². The molecule has 25 heavy (non-hydrogen) atoms. The molecular weight excluding hydrogens is 347 g/mol. The SMILES string of the molecule is O=C(O)C1CN(C(=O)Cc2csc(Cc3ccc(F)cc3)n2)CCO1. The second-order valence-electron chi connectivity index (χ2n) is 5.75.